The smallest absolute Gasteiger partial charge is 0.336 e. The second-order valence-corrected chi connectivity index (χ2v) is 4.73. The van der Waals surface area contributed by atoms with E-state index in [2.05, 4.69) is 0 Å². The Balaban J connectivity index is 2.65. The van der Waals surface area contributed by atoms with Crippen LogP contribution >= 0.6 is 11.6 Å². The van der Waals surface area contributed by atoms with E-state index in [-0.39, 0.29) is 0 Å². The zero-order valence-electron chi connectivity index (χ0n) is 10.2. The van der Waals surface area contributed by atoms with Crippen LogP contribution < -0.4 is 0 Å². The Morgan fingerprint density at radius 1 is 1.06 bits per heavy atom. The third-order valence-electron chi connectivity index (χ3n) is 3.02. The van der Waals surface area contributed by atoms with E-state index < -0.39 is 5.97 Å². The Bertz CT molecular complexity index is 601. The van der Waals surface area contributed by atoms with Gasteiger partial charge in [-0.2, -0.15) is 0 Å². The van der Waals surface area contributed by atoms with E-state index in [0.29, 0.717) is 10.6 Å². The fourth-order valence-corrected chi connectivity index (χ4v) is 1.99. The third kappa shape index (κ3) is 2.39. The predicted molar refractivity (Wildman–Crippen MR) is 73.3 cm³/mol. The maximum Gasteiger partial charge on any atom is 0.336 e. The van der Waals surface area contributed by atoms with Gasteiger partial charge in [0.25, 0.3) is 0 Å². The van der Waals surface area contributed by atoms with Crippen LogP contribution in [0.5, 0.6) is 0 Å². The highest BCUT2D eigenvalue weighted by molar-refractivity contribution is 6.30. The molecule has 0 bridgehead atoms. The minimum Gasteiger partial charge on any atom is -0.478 e. The van der Waals surface area contributed by atoms with Crippen LogP contribution in [0.25, 0.3) is 11.1 Å². The Labute approximate surface area is 111 Å². The normalized spacial score (nSPS) is 10.4. The first-order valence-electron chi connectivity index (χ1n) is 5.59. The first kappa shape index (κ1) is 12.7. The van der Waals surface area contributed by atoms with Crippen LogP contribution in [0.3, 0.4) is 0 Å². The second kappa shape index (κ2) is 4.83. The summed E-state index contributed by atoms with van der Waals surface area (Å²) in [6.45, 7) is 3.88. The maximum atomic E-state index is 11.3. The van der Waals surface area contributed by atoms with E-state index in [0.717, 1.165) is 22.3 Å². The monoisotopic (exact) mass is 260 g/mol. The minimum absolute atomic E-state index is 0.320. The molecular weight excluding hydrogens is 248 g/mol. The van der Waals surface area contributed by atoms with Crippen LogP contribution in [0.4, 0.5) is 0 Å². The van der Waals surface area contributed by atoms with Gasteiger partial charge in [0.15, 0.2) is 0 Å². The molecule has 0 amide bonds. The first-order chi connectivity index (χ1) is 8.49. The molecule has 0 aliphatic carbocycles. The van der Waals surface area contributed by atoms with Gasteiger partial charge in [-0.05, 0) is 54.3 Å². The fourth-order valence-electron chi connectivity index (χ4n) is 1.86. The number of aromatic carboxylic acids is 1. The number of benzene rings is 2. The predicted octanol–water partition coefficient (Wildman–Crippen LogP) is 4.32. The molecule has 2 nitrogen and oxygen atoms in total. The minimum atomic E-state index is -0.914. The van der Waals surface area contributed by atoms with Crippen molar-refractivity contribution >= 4 is 17.6 Å². The van der Waals surface area contributed by atoms with Gasteiger partial charge < -0.3 is 5.11 Å². The molecule has 0 radical (unpaired) electrons. The maximum absolute atomic E-state index is 11.3. The summed E-state index contributed by atoms with van der Waals surface area (Å²) in [6, 6.07) is 10.8. The van der Waals surface area contributed by atoms with Crippen molar-refractivity contribution in [3.63, 3.8) is 0 Å². The summed E-state index contributed by atoms with van der Waals surface area (Å²) in [7, 11) is 0. The van der Waals surface area contributed by atoms with Crippen molar-refractivity contribution in [2.45, 2.75) is 13.8 Å². The number of rotatable bonds is 2. The summed E-state index contributed by atoms with van der Waals surface area (Å²) >= 11 is 5.84. The van der Waals surface area contributed by atoms with Crippen LogP contribution in [0.15, 0.2) is 36.4 Å². The highest BCUT2D eigenvalue weighted by Gasteiger charge is 2.13. The average Bonchev–Trinajstić information content (AvgIpc) is 2.33. The third-order valence-corrected chi connectivity index (χ3v) is 3.27. The van der Waals surface area contributed by atoms with E-state index >= 15 is 0 Å². The fraction of sp³-hybridized carbons (Fsp3) is 0.133. The Morgan fingerprint density at radius 2 is 1.61 bits per heavy atom. The molecule has 0 heterocycles. The molecule has 0 fully saturated rings. The summed E-state index contributed by atoms with van der Waals surface area (Å²) in [4.78, 5) is 11.3. The van der Waals surface area contributed by atoms with Crippen molar-refractivity contribution in [3.05, 3.63) is 58.1 Å². The van der Waals surface area contributed by atoms with Crippen molar-refractivity contribution in [1.29, 1.82) is 0 Å². The van der Waals surface area contributed by atoms with Crippen molar-refractivity contribution in [2.75, 3.05) is 0 Å². The lowest BCUT2D eigenvalue weighted by Gasteiger charge is -2.10. The number of hydrogen-bond donors (Lipinski definition) is 1. The second-order valence-electron chi connectivity index (χ2n) is 4.29. The quantitative estimate of drug-likeness (QED) is 0.873. The van der Waals surface area contributed by atoms with Crippen LogP contribution in [-0.4, -0.2) is 11.1 Å². The van der Waals surface area contributed by atoms with Gasteiger partial charge >= 0.3 is 5.97 Å². The molecule has 0 saturated heterocycles. The lowest BCUT2D eigenvalue weighted by molar-refractivity contribution is 0.0697. The van der Waals surface area contributed by atoms with Crippen LogP contribution in [-0.2, 0) is 0 Å². The van der Waals surface area contributed by atoms with Gasteiger partial charge in [0.05, 0.1) is 5.56 Å². The first-order valence-corrected chi connectivity index (χ1v) is 5.97. The van der Waals surface area contributed by atoms with Crippen LogP contribution in [0.2, 0.25) is 5.02 Å². The van der Waals surface area contributed by atoms with E-state index in [1.54, 1.807) is 18.2 Å². The lowest BCUT2D eigenvalue weighted by Crippen LogP contribution is -2.01. The molecular formula is C15H13ClO2. The molecule has 0 unspecified atom stereocenters. The summed E-state index contributed by atoms with van der Waals surface area (Å²) in [5, 5.41) is 9.91. The summed E-state index contributed by atoms with van der Waals surface area (Å²) in [5.41, 5.74) is 3.96. The van der Waals surface area contributed by atoms with Crippen LogP contribution in [0.1, 0.15) is 21.5 Å². The lowest BCUT2D eigenvalue weighted by atomic mass is 9.95. The van der Waals surface area contributed by atoms with Crippen LogP contribution in [0, 0.1) is 13.8 Å². The molecule has 92 valence electrons. The molecule has 3 heteroatoms. The van der Waals surface area contributed by atoms with E-state index in [1.807, 2.05) is 32.0 Å². The standard InChI is InChI=1S/C15H13ClO2/c1-9-7-13(11-3-5-12(16)6-4-11)14(15(17)18)8-10(9)2/h3-8H,1-2H3,(H,17,18). The van der Waals surface area contributed by atoms with Gasteiger partial charge in [-0.3, -0.25) is 0 Å². The zero-order valence-corrected chi connectivity index (χ0v) is 11.0. The van der Waals surface area contributed by atoms with Gasteiger partial charge in [0.2, 0.25) is 0 Å². The summed E-state index contributed by atoms with van der Waals surface area (Å²) < 4.78 is 0. The Morgan fingerprint density at radius 3 is 2.17 bits per heavy atom. The van der Waals surface area contributed by atoms with E-state index in [1.165, 1.54) is 0 Å². The summed E-state index contributed by atoms with van der Waals surface area (Å²) in [6.07, 6.45) is 0. The molecule has 2 aromatic rings. The summed E-state index contributed by atoms with van der Waals surface area (Å²) in [5.74, 6) is -0.914. The molecule has 1 N–H and O–H groups in total. The number of carboxylic acids is 1. The zero-order chi connectivity index (χ0) is 13.3. The SMILES string of the molecule is Cc1cc(C(=O)O)c(-c2ccc(Cl)cc2)cc1C. The molecule has 0 aliphatic rings. The number of carboxylic acid groups (broad SMARTS) is 1. The van der Waals surface area contributed by atoms with Gasteiger partial charge in [-0.25, -0.2) is 4.79 Å². The number of halogens is 1. The van der Waals surface area contributed by atoms with Gasteiger partial charge in [-0.15, -0.1) is 0 Å². The van der Waals surface area contributed by atoms with Gasteiger partial charge in [0, 0.05) is 5.02 Å². The van der Waals surface area contributed by atoms with E-state index in [9.17, 15) is 9.90 Å². The molecule has 18 heavy (non-hydrogen) atoms. The largest absolute Gasteiger partial charge is 0.478 e. The highest BCUT2D eigenvalue weighted by Crippen LogP contribution is 2.28. The number of hydrogen-bond acceptors (Lipinski definition) is 1. The molecule has 2 aromatic carbocycles. The molecule has 0 spiro atoms. The number of carbonyl (C=O) groups is 1. The molecule has 0 saturated carbocycles. The number of aryl methyl sites for hydroxylation is 2. The van der Waals surface area contributed by atoms with Gasteiger partial charge in [-0.1, -0.05) is 29.8 Å². The molecule has 0 atom stereocenters. The van der Waals surface area contributed by atoms with Crippen molar-refractivity contribution < 1.29 is 9.90 Å². The average molecular weight is 261 g/mol. The van der Waals surface area contributed by atoms with Crippen molar-refractivity contribution in [1.82, 2.24) is 0 Å². The Kier molecular flexibility index (Phi) is 3.39. The van der Waals surface area contributed by atoms with E-state index in [4.69, 9.17) is 11.6 Å². The Hall–Kier alpha value is -1.80. The molecule has 0 aromatic heterocycles. The molecule has 2 rings (SSSR count). The van der Waals surface area contributed by atoms with Gasteiger partial charge in [0.1, 0.15) is 0 Å². The van der Waals surface area contributed by atoms with Crippen molar-refractivity contribution in [2.24, 2.45) is 0 Å². The molecule has 0 aliphatic heterocycles. The highest BCUT2D eigenvalue weighted by atomic mass is 35.5. The van der Waals surface area contributed by atoms with Crippen molar-refractivity contribution in [3.8, 4) is 11.1 Å². The topological polar surface area (TPSA) is 37.3 Å².